The Kier molecular flexibility index (Phi) is 6.62. The number of aromatic nitrogens is 1. The van der Waals surface area contributed by atoms with Crippen LogP contribution in [-0.2, 0) is 0 Å². The average molecular weight is 343 g/mol. The van der Waals surface area contributed by atoms with E-state index in [2.05, 4.69) is 29.5 Å². The third-order valence-electron chi connectivity index (χ3n) is 3.71. The van der Waals surface area contributed by atoms with Crippen LogP contribution in [0, 0.1) is 5.92 Å². The van der Waals surface area contributed by atoms with E-state index < -0.39 is 0 Å². The van der Waals surface area contributed by atoms with E-state index in [1.807, 2.05) is 6.07 Å². The normalized spacial score (nSPS) is 10.4. The molecule has 0 fully saturated rings. The molecular weight excluding hydrogens is 318 g/mol. The summed E-state index contributed by atoms with van der Waals surface area (Å²) < 4.78 is 10.5. The van der Waals surface area contributed by atoms with E-state index in [1.54, 1.807) is 30.5 Å². The topological polar surface area (TPSA) is 72.5 Å². The zero-order valence-electron chi connectivity index (χ0n) is 15.1. The maximum Gasteiger partial charge on any atom is 0.264 e. The lowest BCUT2D eigenvalue weighted by atomic mass is 10.1. The fourth-order valence-electron chi connectivity index (χ4n) is 2.33. The van der Waals surface area contributed by atoms with E-state index in [0.717, 1.165) is 18.7 Å². The Balaban J connectivity index is 2.06. The summed E-state index contributed by atoms with van der Waals surface area (Å²) in [5, 5.41) is 6.08. The molecule has 0 radical (unpaired) electrons. The highest BCUT2D eigenvalue weighted by atomic mass is 16.5. The summed E-state index contributed by atoms with van der Waals surface area (Å²) in [5.41, 5.74) is 1.27. The summed E-state index contributed by atoms with van der Waals surface area (Å²) in [6.45, 7) is 5.26. The van der Waals surface area contributed by atoms with Crippen LogP contribution in [0.25, 0.3) is 0 Å². The second-order valence-corrected chi connectivity index (χ2v) is 6.03. The van der Waals surface area contributed by atoms with Crippen molar-refractivity contribution in [1.29, 1.82) is 0 Å². The first-order valence-corrected chi connectivity index (χ1v) is 8.27. The molecule has 0 aliphatic heterocycles. The first-order chi connectivity index (χ1) is 12.0. The van der Waals surface area contributed by atoms with Crippen LogP contribution in [-0.4, -0.2) is 31.7 Å². The SMILES string of the molecule is COc1cccc(OC)c1C(=O)Nc1ccc(NCCC(C)C)cn1. The van der Waals surface area contributed by atoms with Crippen LogP contribution in [0.15, 0.2) is 36.5 Å². The van der Waals surface area contributed by atoms with Crippen molar-refractivity contribution in [3.05, 3.63) is 42.1 Å². The number of nitrogens with zero attached hydrogens (tertiary/aromatic N) is 1. The summed E-state index contributed by atoms with van der Waals surface area (Å²) in [7, 11) is 3.03. The number of pyridine rings is 1. The molecule has 0 aliphatic carbocycles. The Morgan fingerprint density at radius 1 is 1.12 bits per heavy atom. The van der Waals surface area contributed by atoms with Crippen LogP contribution in [0.3, 0.4) is 0 Å². The van der Waals surface area contributed by atoms with Crippen LogP contribution in [0.2, 0.25) is 0 Å². The molecule has 0 saturated heterocycles. The van der Waals surface area contributed by atoms with E-state index in [9.17, 15) is 4.79 Å². The van der Waals surface area contributed by atoms with Crippen molar-refractivity contribution in [2.24, 2.45) is 5.92 Å². The molecule has 0 unspecified atom stereocenters. The molecule has 134 valence electrons. The number of hydrogen-bond acceptors (Lipinski definition) is 5. The molecule has 25 heavy (non-hydrogen) atoms. The summed E-state index contributed by atoms with van der Waals surface area (Å²) >= 11 is 0. The van der Waals surface area contributed by atoms with E-state index in [-0.39, 0.29) is 5.91 Å². The molecule has 0 aliphatic rings. The van der Waals surface area contributed by atoms with Crippen molar-refractivity contribution in [2.75, 3.05) is 31.4 Å². The molecule has 6 nitrogen and oxygen atoms in total. The largest absolute Gasteiger partial charge is 0.496 e. The van der Waals surface area contributed by atoms with Gasteiger partial charge in [0.15, 0.2) is 0 Å². The van der Waals surface area contributed by atoms with Gasteiger partial charge in [-0.2, -0.15) is 0 Å². The van der Waals surface area contributed by atoms with Crippen molar-refractivity contribution in [1.82, 2.24) is 4.98 Å². The third-order valence-corrected chi connectivity index (χ3v) is 3.71. The van der Waals surface area contributed by atoms with Gasteiger partial charge in [-0.1, -0.05) is 19.9 Å². The molecule has 1 heterocycles. The molecule has 1 aromatic heterocycles. The quantitative estimate of drug-likeness (QED) is 0.762. The fourth-order valence-corrected chi connectivity index (χ4v) is 2.33. The van der Waals surface area contributed by atoms with Crippen LogP contribution >= 0.6 is 0 Å². The summed E-state index contributed by atoms with van der Waals surface area (Å²) in [5.74, 6) is 1.68. The maximum absolute atomic E-state index is 12.6. The molecule has 0 atom stereocenters. The number of nitrogens with one attached hydrogen (secondary N) is 2. The molecule has 1 amide bonds. The van der Waals surface area contributed by atoms with Crippen molar-refractivity contribution in [3.63, 3.8) is 0 Å². The molecular formula is C19H25N3O3. The van der Waals surface area contributed by atoms with Crippen molar-refractivity contribution >= 4 is 17.4 Å². The Labute approximate surface area is 148 Å². The lowest BCUT2D eigenvalue weighted by Crippen LogP contribution is -2.15. The second kappa shape index (κ2) is 8.92. The number of rotatable bonds is 8. The fraction of sp³-hybridized carbons (Fsp3) is 0.368. The van der Waals surface area contributed by atoms with E-state index in [0.29, 0.717) is 28.8 Å². The Morgan fingerprint density at radius 2 is 1.80 bits per heavy atom. The molecule has 1 aromatic carbocycles. The highest BCUT2D eigenvalue weighted by Crippen LogP contribution is 2.28. The Bertz CT molecular complexity index is 677. The minimum atomic E-state index is -0.331. The summed E-state index contributed by atoms with van der Waals surface area (Å²) in [6, 6.07) is 8.85. The number of amides is 1. The zero-order chi connectivity index (χ0) is 18.2. The van der Waals surface area contributed by atoms with Gasteiger partial charge in [-0.05, 0) is 36.6 Å². The first kappa shape index (κ1) is 18.6. The maximum atomic E-state index is 12.6. The number of ether oxygens (including phenoxy) is 2. The smallest absolute Gasteiger partial charge is 0.264 e. The Morgan fingerprint density at radius 3 is 2.32 bits per heavy atom. The molecule has 6 heteroatoms. The number of carbonyl (C=O) groups is 1. The molecule has 2 aromatic rings. The predicted molar refractivity (Wildman–Crippen MR) is 99.7 cm³/mol. The van der Waals surface area contributed by atoms with E-state index in [4.69, 9.17) is 9.47 Å². The number of anilines is 2. The van der Waals surface area contributed by atoms with E-state index in [1.165, 1.54) is 14.2 Å². The van der Waals surface area contributed by atoms with Crippen LogP contribution in [0.5, 0.6) is 11.5 Å². The number of benzene rings is 1. The number of hydrogen-bond donors (Lipinski definition) is 2. The van der Waals surface area contributed by atoms with Gasteiger partial charge in [-0.15, -0.1) is 0 Å². The van der Waals surface area contributed by atoms with Gasteiger partial charge in [0.1, 0.15) is 22.9 Å². The Hall–Kier alpha value is -2.76. The van der Waals surface area contributed by atoms with Crippen LogP contribution in [0.1, 0.15) is 30.6 Å². The van der Waals surface area contributed by atoms with Gasteiger partial charge >= 0.3 is 0 Å². The standard InChI is InChI=1S/C19H25N3O3/c1-13(2)10-11-20-14-8-9-17(21-12-14)22-19(23)18-15(24-3)6-5-7-16(18)25-4/h5-9,12-13,20H,10-11H2,1-4H3,(H,21,22,23). The van der Waals surface area contributed by atoms with Crippen LogP contribution in [0.4, 0.5) is 11.5 Å². The van der Waals surface area contributed by atoms with Gasteiger partial charge in [0.2, 0.25) is 0 Å². The number of carbonyl (C=O) groups excluding carboxylic acids is 1. The van der Waals surface area contributed by atoms with Crippen LogP contribution < -0.4 is 20.1 Å². The first-order valence-electron chi connectivity index (χ1n) is 8.27. The molecule has 2 N–H and O–H groups in total. The molecule has 2 rings (SSSR count). The molecule has 0 saturated carbocycles. The summed E-state index contributed by atoms with van der Waals surface area (Å²) in [6.07, 6.45) is 2.79. The molecule has 0 bridgehead atoms. The second-order valence-electron chi connectivity index (χ2n) is 6.03. The third kappa shape index (κ3) is 5.11. The molecule has 0 spiro atoms. The van der Waals surface area contributed by atoms with Gasteiger partial charge in [0, 0.05) is 6.54 Å². The van der Waals surface area contributed by atoms with Gasteiger partial charge in [-0.25, -0.2) is 4.98 Å². The summed E-state index contributed by atoms with van der Waals surface area (Å²) in [4.78, 5) is 16.9. The van der Waals surface area contributed by atoms with Gasteiger partial charge in [-0.3, -0.25) is 4.79 Å². The van der Waals surface area contributed by atoms with Gasteiger partial charge in [0.05, 0.1) is 26.1 Å². The van der Waals surface area contributed by atoms with E-state index >= 15 is 0 Å². The minimum Gasteiger partial charge on any atom is -0.496 e. The monoisotopic (exact) mass is 343 g/mol. The highest BCUT2D eigenvalue weighted by Gasteiger charge is 2.18. The van der Waals surface area contributed by atoms with Gasteiger partial charge in [0.25, 0.3) is 5.91 Å². The van der Waals surface area contributed by atoms with Crippen molar-refractivity contribution in [3.8, 4) is 11.5 Å². The minimum absolute atomic E-state index is 0.331. The predicted octanol–water partition coefficient (Wildman–Crippen LogP) is 3.81. The lowest BCUT2D eigenvalue weighted by molar-refractivity contribution is 0.102. The zero-order valence-corrected chi connectivity index (χ0v) is 15.1. The number of methoxy groups -OCH3 is 2. The van der Waals surface area contributed by atoms with Crippen molar-refractivity contribution < 1.29 is 14.3 Å². The lowest BCUT2D eigenvalue weighted by Gasteiger charge is -2.13. The van der Waals surface area contributed by atoms with Gasteiger partial charge < -0.3 is 20.1 Å². The highest BCUT2D eigenvalue weighted by molar-refractivity contribution is 6.07. The van der Waals surface area contributed by atoms with Crippen molar-refractivity contribution in [2.45, 2.75) is 20.3 Å². The average Bonchev–Trinajstić information content (AvgIpc) is 2.62.